The molecule has 1 aromatic heterocycles. The lowest BCUT2D eigenvalue weighted by atomic mass is 10.4. The molecule has 0 saturated carbocycles. The van der Waals surface area contributed by atoms with E-state index in [4.69, 9.17) is 9.26 Å². The van der Waals surface area contributed by atoms with Crippen molar-refractivity contribution in [2.75, 3.05) is 5.75 Å². The number of aromatic nitrogens is 1. The second-order valence-electron chi connectivity index (χ2n) is 4.47. The van der Waals surface area contributed by atoms with Gasteiger partial charge in [-0.05, 0) is 19.1 Å². The van der Waals surface area contributed by atoms with E-state index in [2.05, 4.69) is 5.16 Å². The molecule has 2 aromatic rings. The Morgan fingerprint density at radius 2 is 2.00 bits per heavy atom. The molecule has 0 saturated heterocycles. The summed E-state index contributed by atoms with van der Waals surface area (Å²) >= 11 is 0. The Hall–Kier alpha value is -2.15. The molecule has 0 unspecified atom stereocenters. The Balaban J connectivity index is 1.84. The van der Waals surface area contributed by atoms with Gasteiger partial charge in [0.1, 0.15) is 18.1 Å². The average Bonchev–Trinajstić information content (AvgIpc) is 2.90. The molecule has 2 rings (SSSR count). The first-order valence-electron chi connectivity index (χ1n) is 6.33. The van der Waals surface area contributed by atoms with Crippen molar-refractivity contribution in [1.29, 1.82) is 0 Å². The highest BCUT2D eigenvalue weighted by Gasteiger charge is 2.17. The third-order valence-electron chi connectivity index (χ3n) is 2.74. The van der Waals surface area contributed by atoms with Gasteiger partial charge in [-0.15, -0.1) is 0 Å². The van der Waals surface area contributed by atoms with E-state index in [1.54, 1.807) is 31.2 Å². The summed E-state index contributed by atoms with van der Waals surface area (Å²) in [4.78, 5) is 11.8. The zero-order chi connectivity index (χ0) is 15.3. The van der Waals surface area contributed by atoms with E-state index < -0.39 is 15.8 Å². The van der Waals surface area contributed by atoms with Gasteiger partial charge in [0, 0.05) is 6.07 Å². The van der Waals surface area contributed by atoms with Crippen LogP contribution in [0.3, 0.4) is 0 Å². The number of hydrogen-bond donors (Lipinski definition) is 0. The molecule has 112 valence electrons. The summed E-state index contributed by atoms with van der Waals surface area (Å²) in [6.45, 7) is 1.70. The third-order valence-corrected chi connectivity index (χ3v) is 4.47. The maximum atomic E-state index is 12.0. The van der Waals surface area contributed by atoms with Crippen LogP contribution in [0.2, 0.25) is 0 Å². The molecule has 6 nitrogen and oxygen atoms in total. The Morgan fingerprint density at radius 3 is 2.62 bits per heavy atom. The first-order chi connectivity index (χ1) is 9.97. The van der Waals surface area contributed by atoms with Crippen LogP contribution in [0.25, 0.3) is 0 Å². The van der Waals surface area contributed by atoms with Crippen LogP contribution < -0.4 is 0 Å². The second kappa shape index (κ2) is 6.53. The van der Waals surface area contributed by atoms with E-state index in [0.29, 0.717) is 11.5 Å². The SMILES string of the molecule is Cc1cc(COC(=O)CCS(=O)(=O)c2ccccc2)no1. The van der Waals surface area contributed by atoms with Crippen molar-refractivity contribution in [1.82, 2.24) is 5.16 Å². The predicted octanol–water partition coefficient (Wildman–Crippen LogP) is 1.89. The van der Waals surface area contributed by atoms with Gasteiger partial charge >= 0.3 is 5.97 Å². The van der Waals surface area contributed by atoms with Crippen molar-refractivity contribution in [3.05, 3.63) is 47.9 Å². The summed E-state index contributed by atoms with van der Waals surface area (Å²) < 4.78 is 33.7. The molecule has 1 heterocycles. The molecule has 1 aromatic carbocycles. The van der Waals surface area contributed by atoms with Crippen molar-refractivity contribution in [3.8, 4) is 0 Å². The van der Waals surface area contributed by atoms with Crippen LogP contribution in [0.4, 0.5) is 0 Å². The smallest absolute Gasteiger partial charge is 0.307 e. The van der Waals surface area contributed by atoms with Gasteiger partial charge in [0.15, 0.2) is 9.84 Å². The van der Waals surface area contributed by atoms with Crippen LogP contribution in [0.1, 0.15) is 17.9 Å². The quantitative estimate of drug-likeness (QED) is 0.757. The maximum Gasteiger partial charge on any atom is 0.307 e. The van der Waals surface area contributed by atoms with Crippen LogP contribution in [0.5, 0.6) is 0 Å². The second-order valence-corrected chi connectivity index (χ2v) is 6.58. The van der Waals surface area contributed by atoms with Gasteiger partial charge < -0.3 is 9.26 Å². The van der Waals surface area contributed by atoms with E-state index in [-0.39, 0.29) is 23.7 Å². The van der Waals surface area contributed by atoms with Gasteiger partial charge in [0.25, 0.3) is 0 Å². The van der Waals surface area contributed by atoms with Crippen molar-refractivity contribution < 1.29 is 22.5 Å². The fraction of sp³-hybridized carbons (Fsp3) is 0.286. The van der Waals surface area contributed by atoms with Crippen LogP contribution in [-0.4, -0.2) is 25.3 Å². The highest BCUT2D eigenvalue weighted by atomic mass is 32.2. The van der Waals surface area contributed by atoms with E-state index in [1.807, 2.05) is 0 Å². The molecule has 21 heavy (non-hydrogen) atoms. The first kappa shape index (κ1) is 15.2. The molecule has 0 spiro atoms. The lowest BCUT2D eigenvalue weighted by molar-refractivity contribution is -0.144. The number of carbonyl (C=O) groups is 1. The summed E-state index contributed by atoms with van der Waals surface area (Å²) in [5.74, 6) is -0.254. The Kier molecular flexibility index (Phi) is 4.74. The van der Waals surface area contributed by atoms with Crippen molar-refractivity contribution in [2.24, 2.45) is 0 Å². The minimum Gasteiger partial charge on any atom is -0.459 e. The number of rotatable bonds is 6. The zero-order valence-electron chi connectivity index (χ0n) is 11.5. The predicted molar refractivity (Wildman–Crippen MR) is 74.1 cm³/mol. The van der Waals surface area contributed by atoms with Gasteiger partial charge in [-0.2, -0.15) is 0 Å². The zero-order valence-corrected chi connectivity index (χ0v) is 12.3. The number of ether oxygens (including phenoxy) is 1. The van der Waals surface area contributed by atoms with E-state index in [1.165, 1.54) is 12.1 Å². The highest BCUT2D eigenvalue weighted by Crippen LogP contribution is 2.11. The van der Waals surface area contributed by atoms with E-state index in [9.17, 15) is 13.2 Å². The number of esters is 1. The summed E-state index contributed by atoms with van der Waals surface area (Å²) in [6, 6.07) is 9.65. The maximum absolute atomic E-state index is 12.0. The summed E-state index contributed by atoms with van der Waals surface area (Å²) in [5, 5.41) is 3.67. The lowest BCUT2D eigenvalue weighted by Crippen LogP contribution is -2.13. The molecule has 0 fully saturated rings. The normalized spacial score (nSPS) is 11.3. The monoisotopic (exact) mass is 309 g/mol. The number of sulfone groups is 1. The Bertz CT molecular complexity index is 706. The lowest BCUT2D eigenvalue weighted by Gasteiger charge is -2.04. The van der Waals surface area contributed by atoms with Gasteiger partial charge in [0.2, 0.25) is 0 Å². The topological polar surface area (TPSA) is 86.5 Å². The number of hydrogen-bond acceptors (Lipinski definition) is 6. The fourth-order valence-corrected chi connectivity index (χ4v) is 2.92. The first-order valence-corrected chi connectivity index (χ1v) is 7.98. The molecule has 0 radical (unpaired) electrons. The number of nitrogens with zero attached hydrogens (tertiary/aromatic N) is 1. The fourth-order valence-electron chi connectivity index (χ4n) is 1.68. The van der Waals surface area contributed by atoms with Crippen LogP contribution in [0, 0.1) is 6.92 Å². The number of benzene rings is 1. The van der Waals surface area contributed by atoms with Crippen LogP contribution in [0.15, 0.2) is 45.8 Å². The third kappa shape index (κ3) is 4.42. The molecule has 0 aliphatic carbocycles. The largest absolute Gasteiger partial charge is 0.459 e. The summed E-state index contributed by atoms with van der Waals surface area (Å²) in [7, 11) is -3.47. The van der Waals surface area contributed by atoms with E-state index >= 15 is 0 Å². The van der Waals surface area contributed by atoms with Crippen molar-refractivity contribution in [2.45, 2.75) is 24.8 Å². The average molecular weight is 309 g/mol. The van der Waals surface area contributed by atoms with Gasteiger partial charge in [-0.25, -0.2) is 8.42 Å². The summed E-state index contributed by atoms with van der Waals surface area (Å²) in [5.41, 5.74) is 0.492. The molecule has 0 N–H and O–H groups in total. The summed E-state index contributed by atoms with van der Waals surface area (Å²) in [6.07, 6.45) is -0.200. The molecule has 7 heteroatoms. The molecule has 0 atom stereocenters. The van der Waals surface area contributed by atoms with Gasteiger partial charge in [-0.3, -0.25) is 4.79 Å². The van der Waals surface area contributed by atoms with Crippen molar-refractivity contribution >= 4 is 15.8 Å². The minimum atomic E-state index is -3.47. The van der Waals surface area contributed by atoms with Crippen LogP contribution >= 0.6 is 0 Å². The highest BCUT2D eigenvalue weighted by molar-refractivity contribution is 7.91. The Morgan fingerprint density at radius 1 is 1.29 bits per heavy atom. The molecule has 0 aliphatic rings. The molecule has 0 bridgehead atoms. The molecule has 0 aliphatic heterocycles. The van der Waals surface area contributed by atoms with Gasteiger partial charge in [-0.1, -0.05) is 23.4 Å². The number of aryl methyl sites for hydroxylation is 1. The van der Waals surface area contributed by atoms with Crippen molar-refractivity contribution in [3.63, 3.8) is 0 Å². The molecular weight excluding hydrogens is 294 g/mol. The van der Waals surface area contributed by atoms with E-state index in [0.717, 1.165) is 0 Å². The molecular formula is C14H15NO5S. The van der Waals surface area contributed by atoms with Crippen LogP contribution in [-0.2, 0) is 26.0 Å². The van der Waals surface area contributed by atoms with Gasteiger partial charge in [0.05, 0.1) is 17.1 Å². The number of carbonyl (C=O) groups excluding carboxylic acids is 1. The standard InChI is InChI=1S/C14H15NO5S/c1-11-9-12(15-20-11)10-19-14(16)7-8-21(17,18)13-5-3-2-4-6-13/h2-6,9H,7-8,10H2,1H3. The Labute approximate surface area is 122 Å². The minimum absolute atomic E-state index is 0.0262. The molecule has 0 amide bonds.